The normalized spacial score (nSPS) is 14.8. The summed E-state index contributed by atoms with van der Waals surface area (Å²) in [5, 5.41) is 4.80. The molecule has 0 radical (unpaired) electrons. The molecular weight excluding hydrogens is 340 g/mol. The number of halogens is 10. The molecule has 13 heteroatoms. The van der Waals surface area contributed by atoms with Gasteiger partial charge in [-0.25, -0.2) is 4.68 Å². The summed E-state index contributed by atoms with van der Waals surface area (Å²) in [6.07, 6.45) is -12.8. The highest BCUT2D eigenvalue weighted by Crippen LogP contribution is 2.51. The van der Waals surface area contributed by atoms with Gasteiger partial charge in [-0.15, -0.1) is 5.10 Å². The highest BCUT2D eigenvalue weighted by atomic mass is 19.4. The SMILES string of the molecule is CC(C)n1nnc(C(F)(F)C(F)(F)F)c1C(F)(F)C(F)(F)F. The van der Waals surface area contributed by atoms with Gasteiger partial charge in [0.2, 0.25) is 0 Å². The van der Waals surface area contributed by atoms with Crippen LogP contribution in [0.1, 0.15) is 31.3 Å². The van der Waals surface area contributed by atoms with Crippen LogP contribution in [0.4, 0.5) is 43.9 Å². The fourth-order valence-corrected chi connectivity index (χ4v) is 1.43. The van der Waals surface area contributed by atoms with Crippen LogP contribution < -0.4 is 0 Å². The molecule has 1 aromatic heterocycles. The van der Waals surface area contributed by atoms with Crippen molar-refractivity contribution in [1.29, 1.82) is 0 Å². The third kappa shape index (κ3) is 2.72. The molecule has 0 atom stereocenters. The van der Waals surface area contributed by atoms with Crippen molar-refractivity contribution in [2.24, 2.45) is 0 Å². The van der Waals surface area contributed by atoms with Gasteiger partial charge in [0.15, 0.2) is 5.69 Å². The molecular formula is C9H7F10N3. The van der Waals surface area contributed by atoms with E-state index in [0.717, 1.165) is 13.8 Å². The van der Waals surface area contributed by atoms with E-state index in [2.05, 4.69) is 10.3 Å². The van der Waals surface area contributed by atoms with Crippen molar-refractivity contribution < 1.29 is 43.9 Å². The molecule has 0 aliphatic rings. The summed E-state index contributed by atoms with van der Waals surface area (Å²) in [6, 6.07) is -1.37. The Morgan fingerprint density at radius 2 is 1.18 bits per heavy atom. The second-order valence-electron chi connectivity index (χ2n) is 4.47. The van der Waals surface area contributed by atoms with Crippen molar-refractivity contribution in [2.75, 3.05) is 0 Å². The zero-order valence-electron chi connectivity index (χ0n) is 10.7. The quantitative estimate of drug-likeness (QED) is 0.769. The van der Waals surface area contributed by atoms with Crippen molar-refractivity contribution in [3.8, 4) is 0 Å². The molecule has 1 heterocycles. The maximum atomic E-state index is 13.4. The Labute approximate surface area is 115 Å². The van der Waals surface area contributed by atoms with Gasteiger partial charge in [0.05, 0.1) is 0 Å². The van der Waals surface area contributed by atoms with Crippen LogP contribution >= 0.6 is 0 Å². The molecule has 128 valence electrons. The van der Waals surface area contributed by atoms with Gasteiger partial charge in [0.1, 0.15) is 5.69 Å². The first kappa shape index (κ1) is 18.5. The van der Waals surface area contributed by atoms with Gasteiger partial charge < -0.3 is 0 Å². The summed E-state index contributed by atoms with van der Waals surface area (Å²) in [5.74, 6) is -12.0. The Morgan fingerprint density at radius 3 is 1.50 bits per heavy atom. The summed E-state index contributed by atoms with van der Waals surface area (Å²) in [6.45, 7) is 1.92. The molecule has 0 bridgehead atoms. The van der Waals surface area contributed by atoms with Gasteiger partial charge >= 0.3 is 24.2 Å². The molecule has 0 saturated carbocycles. The summed E-state index contributed by atoms with van der Waals surface area (Å²) in [5.41, 5.74) is -5.42. The number of hydrogen-bond donors (Lipinski definition) is 0. The molecule has 0 N–H and O–H groups in total. The van der Waals surface area contributed by atoms with Gasteiger partial charge in [-0.3, -0.25) is 0 Å². The number of aromatic nitrogens is 3. The van der Waals surface area contributed by atoms with Gasteiger partial charge in [-0.05, 0) is 13.8 Å². The minimum Gasteiger partial charge on any atom is -0.240 e. The predicted octanol–water partition coefficient (Wildman–Crippen LogP) is 4.17. The van der Waals surface area contributed by atoms with Crippen molar-refractivity contribution in [1.82, 2.24) is 15.0 Å². The molecule has 0 fully saturated rings. The van der Waals surface area contributed by atoms with Crippen molar-refractivity contribution >= 4 is 0 Å². The first-order valence-electron chi connectivity index (χ1n) is 5.40. The lowest BCUT2D eigenvalue weighted by Crippen LogP contribution is -2.41. The van der Waals surface area contributed by atoms with E-state index < -0.39 is 41.6 Å². The van der Waals surface area contributed by atoms with Crippen LogP contribution in [-0.4, -0.2) is 27.3 Å². The molecule has 0 spiro atoms. The Kier molecular flexibility index (Phi) is 4.18. The molecule has 3 nitrogen and oxygen atoms in total. The van der Waals surface area contributed by atoms with Crippen molar-refractivity contribution in [3.63, 3.8) is 0 Å². The Bertz CT molecular complexity index is 539. The Hall–Kier alpha value is -1.56. The lowest BCUT2D eigenvalue weighted by Gasteiger charge is -2.25. The van der Waals surface area contributed by atoms with E-state index in [4.69, 9.17) is 0 Å². The van der Waals surface area contributed by atoms with Gasteiger partial charge in [0, 0.05) is 6.04 Å². The smallest absolute Gasteiger partial charge is 0.240 e. The molecule has 22 heavy (non-hydrogen) atoms. The Morgan fingerprint density at radius 1 is 0.773 bits per heavy atom. The fraction of sp³-hybridized carbons (Fsp3) is 0.778. The summed E-state index contributed by atoms with van der Waals surface area (Å²) in [4.78, 5) is 0. The zero-order chi connectivity index (χ0) is 17.7. The second kappa shape index (κ2) is 4.98. The van der Waals surface area contributed by atoms with Crippen LogP contribution in [0, 0.1) is 0 Å². The van der Waals surface area contributed by atoms with Crippen LogP contribution in [0.25, 0.3) is 0 Å². The molecule has 0 aromatic carbocycles. The Balaban J connectivity index is 3.72. The summed E-state index contributed by atoms with van der Waals surface area (Å²) < 4.78 is 127. The van der Waals surface area contributed by atoms with Crippen LogP contribution in [0.3, 0.4) is 0 Å². The van der Waals surface area contributed by atoms with Gasteiger partial charge in [0.25, 0.3) is 0 Å². The first-order valence-corrected chi connectivity index (χ1v) is 5.40. The minimum absolute atomic E-state index is 0.317. The largest absolute Gasteiger partial charge is 0.459 e. The van der Waals surface area contributed by atoms with E-state index in [-0.39, 0.29) is 4.68 Å². The number of alkyl halides is 10. The molecule has 0 amide bonds. The molecule has 0 aliphatic carbocycles. The zero-order valence-corrected chi connectivity index (χ0v) is 10.7. The topological polar surface area (TPSA) is 30.7 Å². The lowest BCUT2D eigenvalue weighted by atomic mass is 10.1. The standard InChI is InChI=1S/C9H7F10N3/c1-3(2)22-5(7(12,13)9(17,18)19)4(20-21-22)6(10,11)8(14,15)16/h3H,1-2H3. The lowest BCUT2D eigenvalue weighted by molar-refractivity contribution is -0.304. The molecule has 1 rings (SSSR count). The molecule has 0 aliphatic heterocycles. The van der Waals surface area contributed by atoms with Crippen LogP contribution in [0.2, 0.25) is 0 Å². The molecule has 0 unspecified atom stereocenters. The van der Waals surface area contributed by atoms with Gasteiger partial charge in [-0.2, -0.15) is 43.9 Å². The predicted molar refractivity (Wildman–Crippen MR) is 50.3 cm³/mol. The van der Waals surface area contributed by atoms with E-state index in [1.807, 2.05) is 0 Å². The minimum atomic E-state index is -6.42. The third-order valence-corrected chi connectivity index (χ3v) is 2.49. The van der Waals surface area contributed by atoms with E-state index in [1.54, 1.807) is 0 Å². The average molecular weight is 347 g/mol. The first-order chi connectivity index (χ1) is 9.55. The average Bonchev–Trinajstić information content (AvgIpc) is 2.70. The van der Waals surface area contributed by atoms with E-state index in [0.29, 0.717) is 0 Å². The second-order valence-corrected chi connectivity index (χ2v) is 4.47. The van der Waals surface area contributed by atoms with Gasteiger partial charge in [-0.1, -0.05) is 5.21 Å². The molecule has 0 saturated heterocycles. The third-order valence-electron chi connectivity index (χ3n) is 2.49. The van der Waals surface area contributed by atoms with Crippen LogP contribution in [0.5, 0.6) is 0 Å². The highest BCUT2D eigenvalue weighted by Gasteiger charge is 2.69. The van der Waals surface area contributed by atoms with E-state index >= 15 is 0 Å². The van der Waals surface area contributed by atoms with E-state index in [9.17, 15) is 43.9 Å². The van der Waals surface area contributed by atoms with Crippen LogP contribution in [-0.2, 0) is 11.8 Å². The molecule has 1 aromatic rings. The highest BCUT2D eigenvalue weighted by molar-refractivity contribution is 5.24. The number of hydrogen-bond acceptors (Lipinski definition) is 2. The van der Waals surface area contributed by atoms with E-state index in [1.165, 1.54) is 0 Å². The summed E-state index contributed by atoms with van der Waals surface area (Å²) >= 11 is 0. The van der Waals surface area contributed by atoms with Crippen molar-refractivity contribution in [2.45, 2.75) is 44.1 Å². The fourth-order valence-electron chi connectivity index (χ4n) is 1.43. The number of rotatable bonds is 3. The summed E-state index contributed by atoms with van der Waals surface area (Å²) in [7, 11) is 0. The van der Waals surface area contributed by atoms with Crippen molar-refractivity contribution in [3.05, 3.63) is 11.4 Å². The maximum Gasteiger partial charge on any atom is 0.459 e. The number of nitrogens with zero attached hydrogens (tertiary/aromatic N) is 3. The maximum absolute atomic E-state index is 13.4. The monoisotopic (exact) mass is 347 g/mol. The van der Waals surface area contributed by atoms with Crippen LogP contribution in [0.15, 0.2) is 0 Å².